The van der Waals surface area contributed by atoms with Gasteiger partial charge in [-0.1, -0.05) is 0 Å². The van der Waals surface area contributed by atoms with E-state index in [2.05, 4.69) is 0 Å². The third kappa shape index (κ3) is 1.09. The van der Waals surface area contributed by atoms with E-state index in [-0.39, 0.29) is 17.6 Å². The Morgan fingerprint density at radius 3 is 2.11 bits per heavy atom. The lowest BCUT2D eigenvalue weighted by atomic mass is 10.2. The summed E-state index contributed by atoms with van der Waals surface area (Å²) in [5.41, 5.74) is 6.63. The third-order valence-electron chi connectivity index (χ3n) is 1.65. The van der Waals surface area contributed by atoms with Crippen molar-refractivity contribution in [2.24, 2.45) is 11.8 Å². The summed E-state index contributed by atoms with van der Waals surface area (Å²) < 4.78 is 0. The summed E-state index contributed by atoms with van der Waals surface area (Å²) in [6, 6.07) is 0. The van der Waals surface area contributed by atoms with Crippen LogP contribution in [-0.4, -0.2) is 11.7 Å². The fraction of sp³-hybridized carbons (Fsp3) is 0.667. The summed E-state index contributed by atoms with van der Waals surface area (Å²) in [4.78, 5) is 20.7. The van der Waals surface area contributed by atoms with Crippen LogP contribution < -0.4 is 5.73 Å². The maximum absolute atomic E-state index is 10.5. The number of nitrogens with one attached hydrogen (secondary N) is 1. The quantitative estimate of drug-likeness (QED) is 0.523. The van der Waals surface area contributed by atoms with Gasteiger partial charge in [-0.3, -0.25) is 15.3 Å². The standard InChI is InChI=1S/C6H8NO2/c1-3(8)4-2-5(4)6(7)9/h4-5,7H,2H2,1H3. The van der Waals surface area contributed by atoms with Gasteiger partial charge in [0.25, 0.3) is 0 Å². The second kappa shape index (κ2) is 1.83. The Kier molecular flexibility index (Phi) is 1.27. The molecule has 1 aliphatic rings. The van der Waals surface area contributed by atoms with E-state index in [9.17, 15) is 9.59 Å². The minimum Gasteiger partial charge on any atom is -0.300 e. The molecule has 49 valence electrons. The smallest absolute Gasteiger partial charge is 0.242 e. The highest BCUT2D eigenvalue weighted by Gasteiger charge is 2.45. The Morgan fingerprint density at radius 1 is 1.44 bits per heavy atom. The number of carbonyl (C=O) groups is 2. The van der Waals surface area contributed by atoms with Gasteiger partial charge in [0.05, 0.1) is 5.92 Å². The number of amides is 1. The zero-order chi connectivity index (χ0) is 7.02. The van der Waals surface area contributed by atoms with Crippen LogP contribution in [0.1, 0.15) is 13.3 Å². The van der Waals surface area contributed by atoms with Crippen LogP contribution in [0.2, 0.25) is 0 Å². The van der Waals surface area contributed by atoms with Crippen LogP contribution >= 0.6 is 0 Å². The number of rotatable bonds is 2. The molecule has 0 aromatic carbocycles. The SMILES string of the molecule is CC(=O)C1CC1C([NH])=O. The summed E-state index contributed by atoms with van der Waals surface area (Å²) in [5, 5.41) is 0. The van der Waals surface area contributed by atoms with Crippen LogP contribution in [0.4, 0.5) is 0 Å². The van der Waals surface area contributed by atoms with Gasteiger partial charge in [-0.25, -0.2) is 0 Å². The van der Waals surface area contributed by atoms with E-state index in [1.165, 1.54) is 6.92 Å². The van der Waals surface area contributed by atoms with E-state index in [0.717, 1.165) is 0 Å². The van der Waals surface area contributed by atoms with E-state index in [4.69, 9.17) is 5.73 Å². The number of carbonyl (C=O) groups excluding carboxylic acids is 2. The molecule has 1 radical (unpaired) electrons. The average molecular weight is 126 g/mol. The summed E-state index contributed by atoms with van der Waals surface area (Å²) >= 11 is 0. The van der Waals surface area contributed by atoms with Crippen molar-refractivity contribution in [3.05, 3.63) is 0 Å². The maximum atomic E-state index is 10.5. The van der Waals surface area contributed by atoms with Crippen molar-refractivity contribution < 1.29 is 9.59 Å². The van der Waals surface area contributed by atoms with E-state index in [1.54, 1.807) is 0 Å². The Bertz CT molecular complexity index is 146. The predicted octanol–water partition coefficient (Wildman–Crippen LogP) is 0.0210. The molecule has 0 bridgehead atoms. The van der Waals surface area contributed by atoms with Gasteiger partial charge >= 0.3 is 0 Å². The zero-order valence-electron chi connectivity index (χ0n) is 5.18. The summed E-state index contributed by atoms with van der Waals surface area (Å²) in [6.45, 7) is 1.47. The molecular formula is C6H8NO2. The molecular weight excluding hydrogens is 118 g/mol. The second-order valence-electron chi connectivity index (χ2n) is 2.42. The lowest BCUT2D eigenvalue weighted by Gasteiger charge is -1.85. The number of hydrogen-bond acceptors (Lipinski definition) is 2. The summed E-state index contributed by atoms with van der Waals surface area (Å²) in [7, 11) is 0. The molecule has 1 aliphatic carbocycles. The first-order valence-electron chi connectivity index (χ1n) is 2.89. The molecule has 0 aromatic heterocycles. The molecule has 3 heteroatoms. The second-order valence-corrected chi connectivity index (χ2v) is 2.42. The molecule has 3 nitrogen and oxygen atoms in total. The molecule has 1 amide bonds. The first-order valence-corrected chi connectivity index (χ1v) is 2.89. The number of hydrogen-bond donors (Lipinski definition) is 0. The molecule has 0 aliphatic heterocycles. The largest absolute Gasteiger partial charge is 0.300 e. The minimum atomic E-state index is -0.588. The molecule has 9 heavy (non-hydrogen) atoms. The van der Waals surface area contributed by atoms with Gasteiger partial charge in [-0.15, -0.1) is 0 Å². The van der Waals surface area contributed by atoms with Crippen LogP contribution in [-0.2, 0) is 9.59 Å². The fourth-order valence-electron chi connectivity index (χ4n) is 0.934. The fourth-order valence-corrected chi connectivity index (χ4v) is 0.934. The predicted molar refractivity (Wildman–Crippen MR) is 30.4 cm³/mol. The molecule has 0 spiro atoms. The molecule has 1 N–H and O–H groups in total. The lowest BCUT2D eigenvalue weighted by Crippen LogP contribution is -2.05. The van der Waals surface area contributed by atoms with Crippen LogP contribution in [0.25, 0.3) is 0 Å². The molecule has 0 heterocycles. The van der Waals surface area contributed by atoms with E-state index in [1.807, 2.05) is 0 Å². The Labute approximate surface area is 53.2 Å². The maximum Gasteiger partial charge on any atom is 0.242 e. The number of Topliss-reactive ketones (excluding diaryl/α,β-unsaturated/α-hetero) is 1. The van der Waals surface area contributed by atoms with Gasteiger partial charge < -0.3 is 0 Å². The van der Waals surface area contributed by atoms with Crippen molar-refractivity contribution in [2.75, 3.05) is 0 Å². The Morgan fingerprint density at radius 2 is 2.00 bits per heavy atom. The van der Waals surface area contributed by atoms with Crippen molar-refractivity contribution in [1.82, 2.24) is 5.73 Å². The van der Waals surface area contributed by atoms with Gasteiger partial charge in [0, 0.05) is 5.92 Å². The number of ketones is 1. The summed E-state index contributed by atoms with van der Waals surface area (Å²) in [6.07, 6.45) is 0.609. The normalized spacial score (nSPS) is 31.7. The Balaban J connectivity index is 2.42. The summed E-state index contributed by atoms with van der Waals surface area (Å²) in [5.74, 6) is -0.923. The Hall–Kier alpha value is -0.860. The minimum absolute atomic E-state index is 0.0422. The van der Waals surface area contributed by atoms with Gasteiger partial charge in [0.2, 0.25) is 5.91 Å². The van der Waals surface area contributed by atoms with Gasteiger partial charge in [0.15, 0.2) is 0 Å². The highest BCUT2D eigenvalue weighted by atomic mass is 16.1. The van der Waals surface area contributed by atoms with Crippen molar-refractivity contribution >= 4 is 11.7 Å². The van der Waals surface area contributed by atoms with Crippen LogP contribution in [0.3, 0.4) is 0 Å². The van der Waals surface area contributed by atoms with Crippen molar-refractivity contribution in [2.45, 2.75) is 13.3 Å². The topological polar surface area (TPSA) is 57.9 Å². The molecule has 1 rings (SSSR count). The highest BCUT2D eigenvalue weighted by molar-refractivity contribution is 5.91. The molecule has 1 saturated carbocycles. The molecule has 1 fully saturated rings. The average Bonchev–Trinajstić information content (AvgIpc) is 2.39. The highest BCUT2D eigenvalue weighted by Crippen LogP contribution is 2.38. The van der Waals surface area contributed by atoms with Crippen molar-refractivity contribution in [1.29, 1.82) is 0 Å². The van der Waals surface area contributed by atoms with Gasteiger partial charge in [-0.05, 0) is 13.3 Å². The van der Waals surface area contributed by atoms with Crippen LogP contribution in [0.5, 0.6) is 0 Å². The van der Waals surface area contributed by atoms with Crippen LogP contribution in [0.15, 0.2) is 0 Å². The lowest BCUT2D eigenvalue weighted by molar-refractivity contribution is -0.123. The van der Waals surface area contributed by atoms with E-state index in [0.29, 0.717) is 6.42 Å². The monoisotopic (exact) mass is 126 g/mol. The molecule has 2 unspecified atom stereocenters. The van der Waals surface area contributed by atoms with Gasteiger partial charge in [0.1, 0.15) is 5.78 Å². The van der Waals surface area contributed by atoms with E-state index >= 15 is 0 Å². The van der Waals surface area contributed by atoms with Crippen molar-refractivity contribution in [3.8, 4) is 0 Å². The molecule has 0 aromatic rings. The third-order valence-corrected chi connectivity index (χ3v) is 1.65. The molecule has 2 atom stereocenters. The molecule has 0 saturated heterocycles. The van der Waals surface area contributed by atoms with Crippen molar-refractivity contribution in [3.63, 3.8) is 0 Å². The van der Waals surface area contributed by atoms with Gasteiger partial charge in [-0.2, -0.15) is 0 Å². The van der Waals surface area contributed by atoms with Crippen LogP contribution in [0, 0.1) is 11.8 Å². The van der Waals surface area contributed by atoms with E-state index < -0.39 is 5.91 Å². The first-order chi connectivity index (χ1) is 4.13. The first kappa shape index (κ1) is 6.26. The zero-order valence-corrected chi connectivity index (χ0v) is 5.18.